The maximum absolute atomic E-state index is 12.8. The minimum Gasteiger partial charge on any atom is -0.508 e. The molecule has 2 saturated heterocycles. The molecule has 6 nitrogen and oxygen atoms in total. The van der Waals surface area contributed by atoms with E-state index in [9.17, 15) is 9.90 Å². The summed E-state index contributed by atoms with van der Waals surface area (Å²) in [5.41, 5.74) is 3.18. The molecule has 2 aliphatic heterocycles. The zero-order chi connectivity index (χ0) is 22.3. The number of nitrogens with zero attached hydrogens (tertiary/aromatic N) is 4. The number of amides is 1. The predicted molar refractivity (Wildman–Crippen MR) is 129 cm³/mol. The predicted octanol–water partition coefficient (Wildman–Crippen LogP) is 3.27. The van der Waals surface area contributed by atoms with E-state index in [-0.39, 0.29) is 5.91 Å². The van der Waals surface area contributed by atoms with Crippen molar-refractivity contribution in [1.82, 2.24) is 14.7 Å². The molecule has 1 N–H and O–H groups in total. The molecule has 0 atom stereocenters. The monoisotopic (exact) mass is 436 g/mol. The van der Waals surface area contributed by atoms with Crippen LogP contribution in [-0.4, -0.2) is 85.1 Å². The van der Waals surface area contributed by atoms with Crippen LogP contribution in [0.3, 0.4) is 0 Å². The number of phenolic OH excluding ortho intramolecular Hbond substituents is 1. The normalized spacial score (nSPS) is 18.0. The van der Waals surface area contributed by atoms with Crippen LogP contribution in [0.25, 0.3) is 0 Å². The number of hydrogen-bond donors (Lipinski definition) is 1. The van der Waals surface area contributed by atoms with Crippen molar-refractivity contribution in [3.05, 3.63) is 59.7 Å². The fourth-order valence-corrected chi connectivity index (χ4v) is 4.63. The van der Waals surface area contributed by atoms with Gasteiger partial charge in [-0.3, -0.25) is 9.69 Å². The zero-order valence-electron chi connectivity index (χ0n) is 19.2. The first-order chi connectivity index (χ1) is 15.6. The van der Waals surface area contributed by atoms with E-state index in [0.717, 1.165) is 57.1 Å². The van der Waals surface area contributed by atoms with Crippen LogP contribution in [0.4, 0.5) is 5.69 Å². The van der Waals surface area contributed by atoms with Crippen LogP contribution in [-0.2, 0) is 6.54 Å². The number of aromatic hydroxyl groups is 1. The summed E-state index contributed by atoms with van der Waals surface area (Å²) in [5.74, 6) is 0.415. The largest absolute Gasteiger partial charge is 0.508 e. The van der Waals surface area contributed by atoms with Crippen LogP contribution in [0.2, 0.25) is 0 Å². The molecule has 2 fully saturated rings. The quantitative estimate of drug-likeness (QED) is 0.722. The topological polar surface area (TPSA) is 50.3 Å². The molecule has 1 amide bonds. The van der Waals surface area contributed by atoms with E-state index in [0.29, 0.717) is 5.75 Å². The minimum atomic E-state index is 0.107. The molecule has 6 heteroatoms. The van der Waals surface area contributed by atoms with E-state index in [1.54, 1.807) is 12.1 Å². The molecular weight excluding hydrogens is 400 g/mol. The molecule has 0 aromatic heterocycles. The van der Waals surface area contributed by atoms with Gasteiger partial charge in [-0.1, -0.05) is 18.6 Å². The second-order valence-corrected chi connectivity index (χ2v) is 9.11. The molecule has 0 unspecified atom stereocenters. The van der Waals surface area contributed by atoms with E-state index in [4.69, 9.17) is 0 Å². The van der Waals surface area contributed by atoms with Gasteiger partial charge in [-0.05, 0) is 67.9 Å². The lowest BCUT2D eigenvalue weighted by Gasteiger charge is -2.36. The van der Waals surface area contributed by atoms with Gasteiger partial charge in [0.2, 0.25) is 0 Å². The maximum Gasteiger partial charge on any atom is 0.253 e. The second-order valence-electron chi connectivity index (χ2n) is 9.11. The Morgan fingerprint density at radius 2 is 1.50 bits per heavy atom. The van der Waals surface area contributed by atoms with Crippen molar-refractivity contribution >= 4 is 11.6 Å². The van der Waals surface area contributed by atoms with Gasteiger partial charge in [-0.25, -0.2) is 0 Å². The van der Waals surface area contributed by atoms with Crippen LogP contribution < -0.4 is 4.90 Å². The number of benzene rings is 2. The van der Waals surface area contributed by atoms with Crippen LogP contribution >= 0.6 is 0 Å². The van der Waals surface area contributed by atoms with Crippen molar-refractivity contribution in [2.75, 3.05) is 64.3 Å². The van der Waals surface area contributed by atoms with E-state index in [1.807, 2.05) is 36.2 Å². The second kappa shape index (κ2) is 10.8. The molecule has 4 rings (SSSR count). The number of carbonyl (C=O) groups excluding carboxylic acids is 1. The fraction of sp³-hybridized carbons (Fsp3) is 0.500. The molecule has 2 heterocycles. The van der Waals surface area contributed by atoms with E-state index in [2.05, 4.69) is 26.8 Å². The number of phenols is 1. The van der Waals surface area contributed by atoms with Gasteiger partial charge >= 0.3 is 0 Å². The van der Waals surface area contributed by atoms with Gasteiger partial charge in [0.25, 0.3) is 5.91 Å². The van der Waals surface area contributed by atoms with Gasteiger partial charge in [0.15, 0.2) is 0 Å². The number of piperidine rings is 1. The van der Waals surface area contributed by atoms with Gasteiger partial charge in [0, 0.05) is 64.1 Å². The summed E-state index contributed by atoms with van der Waals surface area (Å²) in [6.45, 7) is 8.94. The minimum absolute atomic E-state index is 0.107. The average molecular weight is 437 g/mol. The van der Waals surface area contributed by atoms with Crippen molar-refractivity contribution < 1.29 is 9.90 Å². The highest BCUT2D eigenvalue weighted by Crippen LogP contribution is 2.20. The highest BCUT2D eigenvalue weighted by Gasteiger charge is 2.18. The van der Waals surface area contributed by atoms with Gasteiger partial charge in [0.05, 0.1) is 0 Å². The SMILES string of the molecule is CN(CCN1CCCCC1)C(=O)c1ccc(CN2CCN(c3ccc(O)cc3)CC2)cc1. The van der Waals surface area contributed by atoms with Gasteiger partial charge in [-0.15, -0.1) is 0 Å². The molecule has 0 spiro atoms. The Hall–Kier alpha value is -2.57. The van der Waals surface area contributed by atoms with Gasteiger partial charge in [-0.2, -0.15) is 0 Å². The Morgan fingerprint density at radius 3 is 2.16 bits per heavy atom. The first kappa shape index (κ1) is 22.6. The summed E-state index contributed by atoms with van der Waals surface area (Å²) < 4.78 is 0. The van der Waals surface area contributed by atoms with E-state index in [1.165, 1.54) is 37.9 Å². The number of anilines is 1. The molecule has 32 heavy (non-hydrogen) atoms. The third kappa shape index (κ3) is 6.02. The van der Waals surface area contributed by atoms with Crippen molar-refractivity contribution in [3.8, 4) is 5.75 Å². The van der Waals surface area contributed by atoms with Crippen LogP contribution in [0, 0.1) is 0 Å². The summed E-state index contributed by atoms with van der Waals surface area (Å²) in [5, 5.41) is 9.47. The van der Waals surface area contributed by atoms with Gasteiger partial charge in [0.1, 0.15) is 5.75 Å². The number of likely N-dealkylation sites (N-methyl/N-ethyl adjacent to an activating group) is 1. The van der Waals surface area contributed by atoms with Crippen LogP contribution in [0.1, 0.15) is 35.2 Å². The number of likely N-dealkylation sites (tertiary alicyclic amines) is 1. The number of hydrogen-bond acceptors (Lipinski definition) is 5. The third-order valence-electron chi connectivity index (χ3n) is 6.74. The standard InChI is InChI=1S/C26H36N4O2/c1-27(15-16-28-13-3-2-4-14-28)26(32)23-7-5-22(6-8-23)21-29-17-19-30(20-18-29)24-9-11-25(31)12-10-24/h5-12,31H,2-4,13-21H2,1H3. The summed E-state index contributed by atoms with van der Waals surface area (Å²) in [7, 11) is 1.91. The Balaban J connectivity index is 1.23. The third-order valence-corrected chi connectivity index (χ3v) is 6.74. The lowest BCUT2D eigenvalue weighted by Crippen LogP contribution is -2.45. The van der Waals surface area contributed by atoms with Crippen molar-refractivity contribution in [3.63, 3.8) is 0 Å². The van der Waals surface area contributed by atoms with Crippen molar-refractivity contribution in [1.29, 1.82) is 0 Å². The average Bonchev–Trinajstić information content (AvgIpc) is 2.84. The van der Waals surface area contributed by atoms with Crippen LogP contribution in [0.5, 0.6) is 5.75 Å². The van der Waals surface area contributed by atoms with Crippen molar-refractivity contribution in [2.24, 2.45) is 0 Å². The summed E-state index contributed by atoms with van der Waals surface area (Å²) in [6.07, 6.45) is 3.90. The maximum atomic E-state index is 12.8. The highest BCUT2D eigenvalue weighted by molar-refractivity contribution is 5.94. The molecule has 0 saturated carbocycles. The molecule has 2 aromatic rings. The fourth-order valence-electron chi connectivity index (χ4n) is 4.63. The molecule has 0 radical (unpaired) electrons. The molecule has 2 aromatic carbocycles. The first-order valence-electron chi connectivity index (χ1n) is 11.9. The summed E-state index contributed by atoms with van der Waals surface area (Å²) in [4.78, 5) is 21.9. The molecule has 0 bridgehead atoms. The molecule has 0 aliphatic carbocycles. The number of carbonyl (C=O) groups is 1. The Kier molecular flexibility index (Phi) is 7.66. The zero-order valence-corrected chi connectivity index (χ0v) is 19.2. The summed E-state index contributed by atoms with van der Waals surface area (Å²) in [6, 6.07) is 15.6. The van der Waals surface area contributed by atoms with Crippen LogP contribution in [0.15, 0.2) is 48.5 Å². The Bertz CT molecular complexity index is 854. The number of piperazine rings is 1. The smallest absolute Gasteiger partial charge is 0.253 e. The van der Waals surface area contributed by atoms with E-state index >= 15 is 0 Å². The van der Waals surface area contributed by atoms with Crippen molar-refractivity contribution in [2.45, 2.75) is 25.8 Å². The lowest BCUT2D eigenvalue weighted by molar-refractivity contribution is 0.0773. The molecule has 172 valence electrons. The Morgan fingerprint density at radius 1 is 0.844 bits per heavy atom. The molecular formula is C26H36N4O2. The lowest BCUT2D eigenvalue weighted by atomic mass is 10.1. The van der Waals surface area contributed by atoms with E-state index < -0.39 is 0 Å². The molecule has 2 aliphatic rings. The number of rotatable bonds is 7. The summed E-state index contributed by atoms with van der Waals surface area (Å²) >= 11 is 0. The highest BCUT2D eigenvalue weighted by atomic mass is 16.3. The van der Waals surface area contributed by atoms with Gasteiger partial charge < -0.3 is 19.8 Å². The Labute approximate surface area is 192 Å². The first-order valence-corrected chi connectivity index (χ1v) is 11.9.